The van der Waals surface area contributed by atoms with Crippen LogP contribution in [0.5, 0.6) is 0 Å². The summed E-state index contributed by atoms with van der Waals surface area (Å²) in [6.07, 6.45) is -3.42. The molecule has 1 aliphatic rings. The molecule has 2 aromatic carbocycles. The molecule has 31 heavy (non-hydrogen) atoms. The first-order valence-corrected chi connectivity index (χ1v) is 9.90. The number of benzene rings is 2. The SMILES string of the molecule is N#Cc1ccc(N2CCCN(Cc3nc(-c4ccc(C(F)(F)F)cc4)no3)CC2)cc1. The average Bonchev–Trinajstić information content (AvgIpc) is 3.11. The van der Waals surface area contributed by atoms with Crippen molar-refractivity contribution in [1.29, 1.82) is 5.26 Å². The van der Waals surface area contributed by atoms with Crippen molar-refractivity contribution < 1.29 is 17.7 Å². The molecule has 0 N–H and O–H groups in total. The standard InChI is InChI=1S/C22H20F3N5O/c23-22(24,25)18-6-4-17(5-7-18)21-27-20(31-28-21)15-29-10-1-11-30(13-12-29)19-8-2-16(14-26)3-9-19/h2-9H,1,10-13,15H2. The molecule has 0 saturated carbocycles. The molecule has 0 aliphatic carbocycles. The molecule has 1 fully saturated rings. The largest absolute Gasteiger partial charge is 0.416 e. The summed E-state index contributed by atoms with van der Waals surface area (Å²) in [4.78, 5) is 8.84. The minimum absolute atomic E-state index is 0.276. The first-order valence-electron chi connectivity index (χ1n) is 9.90. The van der Waals surface area contributed by atoms with E-state index in [1.165, 1.54) is 12.1 Å². The monoisotopic (exact) mass is 427 g/mol. The predicted molar refractivity (Wildman–Crippen MR) is 108 cm³/mol. The van der Waals surface area contributed by atoms with Crippen molar-refractivity contribution in [2.75, 3.05) is 31.1 Å². The maximum atomic E-state index is 12.7. The van der Waals surface area contributed by atoms with Gasteiger partial charge in [-0.1, -0.05) is 17.3 Å². The highest BCUT2D eigenvalue weighted by Gasteiger charge is 2.30. The zero-order valence-electron chi connectivity index (χ0n) is 16.6. The molecule has 160 valence electrons. The van der Waals surface area contributed by atoms with Crippen LogP contribution in [0.25, 0.3) is 11.4 Å². The number of nitrogens with zero attached hydrogens (tertiary/aromatic N) is 5. The quantitative estimate of drug-likeness (QED) is 0.617. The summed E-state index contributed by atoms with van der Waals surface area (Å²) in [7, 11) is 0. The lowest BCUT2D eigenvalue weighted by Gasteiger charge is -2.23. The van der Waals surface area contributed by atoms with Gasteiger partial charge in [-0.05, 0) is 42.8 Å². The van der Waals surface area contributed by atoms with E-state index in [1.807, 2.05) is 24.3 Å². The fraction of sp³-hybridized carbons (Fsp3) is 0.318. The molecule has 0 atom stereocenters. The van der Waals surface area contributed by atoms with Gasteiger partial charge in [0.15, 0.2) is 0 Å². The molecule has 4 rings (SSSR count). The summed E-state index contributed by atoms with van der Waals surface area (Å²) in [5.41, 5.74) is 1.49. The van der Waals surface area contributed by atoms with Gasteiger partial charge < -0.3 is 9.42 Å². The van der Waals surface area contributed by atoms with E-state index in [9.17, 15) is 13.2 Å². The van der Waals surface area contributed by atoms with Crippen LogP contribution in [0.2, 0.25) is 0 Å². The van der Waals surface area contributed by atoms with Gasteiger partial charge in [0.2, 0.25) is 11.7 Å². The van der Waals surface area contributed by atoms with E-state index in [-0.39, 0.29) is 5.82 Å². The lowest BCUT2D eigenvalue weighted by molar-refractivity contribution is -0.137. The molecular formula is C22H20F3N5O. The van der Waals surface area contributed by atoms with Crippen molar-refractivity contribution >= 4 is 5.69 Å². The molecular weight excluding hydrogens is 407 g/mol. The van der Waals surface area contributed by atoms with E-state index >= 15 is 0 Å². The Morgan fingerprint density at radius 3 is 2.39 bits per heavy atom. The maximum Gasteiger partial charge on any atom is 0.416 e. The Balaban J connectivity index is 1.37. The Labute approximate surface area is 177 Å². The van der Waals surface area contributed by atoms with E-state index in [0.29, 0.717) is 23.6 Å². The topological polar surface area (TPSA) is 69.2 Å². The van der Waals surface area contributed by atoms with Crippen LogP contribution in [0.3, 0.4) is 0 Å². The summed E-state index contributed by atoms with van der Waals surface area (Å²) in [5, 5.41) is 12.9. The molecule has 2 heterocycles. The second kappa shape index (κ2) is 8.78. The van der Waals surface area contributed by atoms with E-state index in [0.717, 1.165) is 50.4 Å². The normalized spacial score (nSPS) is 15.5. The second-order valence-corrected chi connectivity index (χ2v) is 7.36. The number of rotatable bonds is 4. The third-order valence-electron chi connectivity index (χ3n) is 5.25. The predicted octanol–water partition coefficient (Wildman–Crippen LogP) is 4.34. The lowest BCUT2D eigenvalue weighted by Crippen LogP contribution is -2.30. The van der Waals surface area contributed by atoms with Gasteiger partial charge in [-0.15, -0.1) is 0 Å². The summed E-state index contributed by atoms with van der Waals surface area (Å²) >= 11 is 0. The van der Waals surface area contributed by atoms with Crippen LogP contribution in [-0.2, 0) is 12.7 Å². The van der Waals surface area contributed by atoms with Gasteiger partial charge in [0, 0.05) is 37.4 Å². The van der Waals surface area contributed by atoms with Gasteiger partial charge in [0.1, 0.15) is 0 Å². The summed E-state index contributed by atoms with van der Waals surface area (Å²) in [6, 6.07) is 14.4. The Kier molecular flexibility index (Phi) is 5.91. The average molecular weight is 427 g/mol. The van der Waals surface area contributed by atoms with E-state index in [4.69, 9.17) is 9.78 Å². The zero-order valence-corrected chi connectivity index (χ0v) is 16.6. The minimum Gasteiger partial charge on any atom is -0.370 e. The number of halogens is 3. The molecule has 9 heteroatoms. The van der Waals surface area contributed by atoms with Crippen LogP contribution in [0.15, 0.2) is 53.1 Å². The molecule has 1 saturated heterocycles. The van der Waals surface area contributed by atoms with Gasteiger partial charge in [0.05, 0.1) is 23.7 Å². The first-order chi connectivity index (χ1) is 14.9. The molecule has 1 aromatic heterocycles. The summed E-state index contributed by atoms with van der Waals surface area (Å²) in [5.74, 6) is 0.708. The maximum absolute atomic E-state index is 12.7. The van der Waals surface area contributed by atoms with Gasteiger partial charge in [-0.3, -0.25) is 4.90 Å². The fourth-order valence-electron chi connectivity index (χ4n) is 3.57. The van der Waals surface area contributed by atoms with Crippen LogP contribution in [-0.4, -0.2) is 41.2 Å². The van der Waals surface area contributed by atoms with Crippen molar-refractivity contribution in [2.24, 2.45) is 0 Å². The molecule has 0 bridgehead atoms. The molecule has 1 aliphatic heterocycles. The number of hydrogen-bond donors (Lipinski definition) is 0. The molecule has 0 amide bonds. The minimum atomic E-state index is -4.38. The Morgan fingerprint density at radius 2 is 1.71 bits per heavy atom. The second-order valence-electron chi connectivity index (χ2n) is 7.36. The van der Waals surface area contributed by atoms with Crippen LogP contribution in [0.4, 0.5) is 18.9 Å². The third-order valence-corrected chi connectivity index (χ3v) is 5.25. The van der Waals surface area contributed by atoms with Crippen molar-refractivity contribution in [1.82, 2.24) is 15.0 Å². The van der Waals surface area contributed by atoms with Crippen molar-refractivity contribution in [3.63, 3.8) is 0 Å². The van der Waals surface area contributed by atoms with E-state index < -0.39 is 11.7 Å². The number of aromatic nitrogens is 2. The molecule has 6 nitrogen and oxygen atoms in total. The molecule has 0 unspecified atom stereocenters. The van der Waals surface area contributed by atoms with Crippen LogP contribution in [0, 0.1) is 11.3 Å². The van der Waals surface area contributed by atoms with E-state index in [1.54, 1.807) is 0 Å². The van der Waals surface area contributed by atoms with Gasteiger partial charge in [-0.25, -0.2) is 0 Å². The van der Waals surface area contributed by atoms with Crippen LogP contribution in [0.1, 0.15) is 23.4 Å². The number of hydrogen-bond acceptors (Lipinski definition) is 6. The Hall–Kier alpha value is -3.38. The Bertz CT molecular complexity index is 1050. The highest BCUT2D eigenvalue weighted by Crippen LogP contribution is 2.30. The van der Waals surface area contributed by atoms with Crippen LogP contribution >= 0.6 is 0 Å². The Morgan fingerprint density at radius 1 is 0.968 bits per heavy atom. The smallest absolute Gasteiger partial charge is 0.370 e. The number of nitriles is 1. The van der Waals surface area contributed by atoms with Crippen molar-refractivity contribution in [3.05, 3.63) is 65.5 Å². The molecule has 0 spiro atoms. The highest BCUT2D eigenvalue weighted by molar-refractivity contribution is 5.55. The van der Waals surface area contributed by atoms with Gasteiger partial charge in [0.25, 0.3) is 0 Å². The van der Waals surface area contributed by atoms with Gasteiger partial charge in [-0.2, -0.15) is 23.4 Å². The third kappa shape index (κ3) is 5.03. The summed E-state index contributed by atoms with van der Waals surface area (Å²) < 4.78 is 43.5. The number of anilines is 1. The van der Waals surface area contributed by atoms with Crippen molar-refractivity contribution in [3.8, 4) is 17.5 Å². The van der Waals surface area contributed by atoms with E-state index in [2.05, 4.69) is 26.0 Å². The highest BCUT2D eigenvalue weighted by atomic mass is 19.4. The molecule has 3 aromatic rings. The van der Waals surface area contributed by atoms with Crippen molar-refractivity contribution in [2.45, 2.75) is 19.1 Å². The number of alkyl halides is 3. The fourth-order valence-corrected chi connectivity index (χ4v) is 3.57. The zero-order chi connectivity index (χ0) is 21.8. The summed E-state index contributed by atoms with van der Waals surface area (Å²) in [6.45, 7) is 3.88. The molecule has 0 radical (unpaired) electrons. The lowest BCUT2D eigenvalue weighted by atomic mass is 10.1. The van der Waals surface area contributed by atoms with Gasteiger partial charge >= 0.3 is 6.18 Å². The first kappa shape index (κ1) is 20.9. The van der Waals surface area contributed by atoms with Crippen LogP contribution < -0.4 is 4.90 Å².